The Balaban J connectivity index is 1.83. The lowest BCUT2D eigenvalue weighted by Crippen LogP contribution is -2.39. The number of benzene rings is 1. The molecule has 164 valence electrons. The Morgan fingerprint density at radius 1 is 1.27 bits per heavy atom. The fraction of sp³-hybridized carbons (Fsp3) is 0.550. The monoisotopic (exact) mass is 453 g/mol. The number of carbonyl (C=O) groups excluding carboxylic acids is 2. The van der Waals surface area contributed by atoms with Gasteiger partial charge in [0, 0.05) is 10.9 Å². The van der Waals surface area contributed by atoms with E-state index in [1.807, 2.05) is 36.9 Å². The van der Waals surface area contributed by atoms with Crippen LogP contribution >= 0.6 is 11.8 Å². The Morgan fingerprint density at radius 3 is 2.63 bits per heavy atom. The van der Waals surface area contributed by atoms with Crippen molar-refractivity contribution in [2.75, 3.05) is 23.0 Å². The van der Waals surface area contributed by atoms with E-state index in [0.717, 1.165) is 16.8 Å². The first-order valence-electron chi connectivity index (χ1n) is 9.67. The summed E-state index contributed by atoms with van der Waals surface area (Å²) in [4.78, 5) is 30.3. The fourth-order valence-corrected chi connectivity index (χ4v) is 7.38. The molecule has 0 saturated carbocycles. The van der Waals surface area contributed by atoms with E-state index in [-0.39, 0.29) is 29.3 Å². The fourth-order valence-electron chi connectivity index (χ4n) is 3.45. The number of alkyl carbamates (subject to hydrolysis) is 1. The highest BCUT2D eigenvalue weighted by molar-refractivity contribution is 8.16. The summed E-state index contributed by atoms with van der Waals surface area (Å²) < 4.78 is 29.5. The molecule has 3 rings (SSSR count). The van der Waals surface area contributed by atoms with E-state index in [0.29, 0.717) is 5.17 Å². The molecule has 2 aliphatic heterocycles. The summed E-state index contributed by atoms with van der Waals surface area (Å²) in [6.45, 7) is 8.86. The highest BCUT2D eigenvalue weighted by Crippen LogP contribution is 2.42. The van der Waals surface area contributed by atoms with E-state index in [1.165, 1.54) is 11.8 Å². The Hall–Kier alpha value is -2.07. The third-order valence-corrected chi connectivity index (χ3v) is 8.12. The average molecular weight is 454 g/mol. The van der Waals surface area contributed by atoms with Crippen LogP contribution in [0.25, 0.3) is 0 Å². The molecule has 30 heavy (non-hydrogen) atoms. The molecule has 0 radical (unpaired) electrons. The van der Waals surface area contributed by atoms with Gasteiger partial charge in [-0.3, -0.25) is 4.79 Å². The van der Waals surface area contributed by atoms with Gasteiger partial charge in [0.05, 0.1) is 17.5 Å². The minimum atomic E-state index is -3.14. The average Bonchev–Trinajstić information content (AvgIpc) is 3.05. The highest BCUT2D eigenvalue weighted by Gasteiger charge is 2.49. The molecule has 2 heterocycles. The van der Waals surface area contributed by atoms with Gasteiger partial charge in [-0.15, -0.1) is 0 Å². The van der Waals surface area contributed by atoms with Crippen LogP contribution in [0.4, 0.5) is 10.5 Å². The van der Waals surface area contributed by atoms with E-state index < -0.39 is 27.4 Å². The van der Waals surface area contributed by atoms with Crippen LogP contribution in [0.2, 0.25) is 0 Å². The number of amides is 2. The van der Waals surface area contributed by atoms with Crippen LogP contribution in [-0.4, -0.2) is 60.5 Å². The molecule has 1 aromatic rings. The molecule has 2 saturated heterocycles. The van der Waals surface area contributed by atoms with Gasteiger partial charge < -0.3 is 15.0 Å². The quantitative estimate of drug-likeness (QED) is 0.749. The first kappa shape index (κ1) is 22.6. The Kier molecular flexibility index (Phi) is 6.20. The maximum atomic E-state index is 12.4. The summed E-state index contributed by atoms with van der Waals surface area (Å²) in [5.74, 6) is -0.435. The van der Waals surface area contributed by atoms with Crippen LogP contribution in [0.15, 0.2) is 23.2 Å². The molecule has 0 spiro atoms. The van der Waals surface area contributed by atoms with Crippen LogP contribution < -0.4 is 10.2 Å². The van der Waals surface area contributed by atoms with Crippen molar-refractivity contribution < 1.29 is 22.7 Å². The van der Waals surface area contributed by atoms with E-state index in [9.17, 15) is 18.0 Å². The number of fused-ring (bicyclic) bond motifs is 1. The third-order valence-electron chi connectivity index (χ3n) is 4.91. The van der Waals surface area contributed by atoms with Crippen LogP contribution in [0, 0.1) is 13.8 Å². The Morgan fingerprint density at radius 2 is 1.97 bits per heavy atom. The number of hydrogen-bond acceptors (Lipinski definition) is 6. The van der Waals surface area contributed by atoms with Gasteiger partial charge in [0.1, 0.15) is 12.1 Å². The van der Waals surface area contributed by atoms with Crippen molar-refractivity contribution in [1.29, 1.82) is 0 Å². The number of rotatable bonds is 3. The van der Waals surface area contributed by atoms with Crippen LogP contribution in [0.5, 0.6) is 0 Å². The van der Waals surface area contributed by atoms with Crippen molar-refractivity contribution in [3.8, 4) is 0 Å². The second kappa shape index (κ2) is 8.22. The normalized spacial score (nSPS) is 24.0. The summed E-state index contributed by atoms with van der Waals surface area (Å²) in [6.07, 6.45) is -0.690. The second-order valence-corrected chi connectivity index (χ2v) is 11.9. The van der Waals surface area contributed by atoms with Gasteiger partial charge in [-0.2, -0.15) is 4.99 Å². The highest BCUT2D eigenvalue weighted by atomic mass is 32.2. The predicted molar refractivity (Wildman–Crippen MR) is 119 cm³/mol. The summed E-state index contributed by atoms with van der Waals surface area (Å²) in [5, 5.41) is 2.69. The van der Waals surface area contributed by atoms with Crippen molar-refractivity contribution in [3.63, 3.8) is 0 Å². The maximum absolute atomic E-state index is 12.4. The van der Waals surface area contributed by atoms with E-state index in [1.54, 1.807) is 20.8 Å². The Bertz CT molecular complexity index is 998. The smallest absolute Gasteiger partial charge is 0.408 e. The number of sulfone groups is 1. The molecule has 2 atom stereocenters. The van der Waals surface area contributed by atoms with Crippen LogP contribution in [0.1, 0.15) is 31.9 Å². The first-order valence-corrected chi connectivity index (χ1v) is 12.4. The molecule has 0 unspecified atom stereocenters. The summed E-state index contributed by atoms with van der Waals surface area (Å²) >= 11 is 1.31. The minimum absolute atomic E-state index is 0.0292. The molecular weight excluding hydrogens is 426 g/mol. The molecule has 0 aliphatic carbocycles. The van der Waals surface area contributed by atoms with Gasteiger partial charge in [-0.05, 0) is 51.8 Å². The number of thioether (sulfide) groups is 1. The number of anilines is 1. The van der Waals surface area contributed by atoms with E-state index in [2.05, 4.69) is 10.3 Å². The third kappa shape index (κ3) is 5.15. The minimum Gasteiger partial charge on any atom is -0.444 e. The zero-order chi connectivity index (χ0) is 22.3. The lowest BCUT2D eigenvalue weighted by atomic mass is 10.1. The summed E-state index contributed by atoms with van der Waals surface area (Å²) in [7, 11) is -3.14. The molecule has 2 fully saturated rings. The summed E-state index contributed by atoms with van der Waals surface area (Å²) in [5.41, 5.74) is 2.26. The first-order chi connectivity index (χ1) is 13.9. The molecule has 2 amide bonds. The number of nitrogens with one attached hydrogen (secondary N) is 1. The van der Waals surface area contributed by atoms with Crippen molar-refractivity contribution in [3.05, 3.63) is 29.3 Å². The van der Waals surface area contributed by atoms with Crippen molar-refractivity contribution >= 4 is 44.5 Å². The number of carbonyl (C=O) groups is 2. The topological polar surface area (TPSA) is 105 Å². The molecule has 0 bridgehead atoms. The lowest BCUT2D eigenvalue weighted by Gasteiger charge is -2.27. The molecule has 2 aliphatic rings. The van der Waals surface area contributed by atoms with Crippen molar-refractivity contribution in [1.82, 2.24) is 5.32 Å². The number of aryl methyl sites for hydroxylation is 1. The molecule has 10 heteroatoms. The van der Waals surface area contributed by atoms with Crippen LogP contribution in [-0.2, 0) is 19.4 Å². The zero-order valence-electron chi connectivity index (χ0n) is 17.8. The largest absolute Gasteiger partial charge is 0.444 e. The zero-order valence-corrected chi connectivity index (χ0v) is 19.4. The molecule has 1 N–H and O–H groups in total. The number of amidine groups is 1. The van der Waals surface area contributed by atoms with E-state index in [4.69, 9.17) is 4.74 Å². The Labute approximate surface area is 181 Å². The lowest BCUT2D eigenvalue weighted by molar-refractivity contribution is -0.117. The SMILES string of the molecule is Cc1cccc(N2C(=NC(=O)CNC(=O)OC(C)(C)C)S[C@@H]3CS(=O)(=O)C[C@H]32)c1C. The van der Waals surface area contributed by atoms with Crippen molar-refractivity contribution in [2.24, 2.45) is 4.99 Å². The number of ether oxygens (including phenoxy) is 1. The van der Waals surface area contributed by atoms with Crippen LogP contribution in [0.3, 0.4) is 0 Å². The van der Waals surface area contributed by atoms with Gasteiger partial charge in [0.2, 0.25) is 0 Å². The number of aliphatic imine (C=N–C) groups is 1. The second-order valence-electron chi connectivity index (χ2n) is 8.53. The predicted octanol–water partition coefficient (Wildman–Crippen LogP) is 2.43. The summed E-state index contributed by atoms with van der Waals surface area (Å²) in [6, 6.07) is 5.53. The molecule has 0 aromatic heterocycles. The molecule has 8 nitrogen and oxygen atoms in total. The van der Waals surface area contributed by atoms with Gasteiger partial charge in [-0.25, -0.2) is 13.2 Å². The van der Waals surface area contributed by atoms with Gasteiger partial charge in [0.15, 0.2) is 15.0 Å². The maximum Gasteiger partial charge on any atom is 0.408 e. The van der Waals surface area contributed by atoms with Crippen molar-refractivity contribution in [2.45, 2.75) is 51.5 Å². The standard InChI is InChI=1S/C20H27N3O5S2/c1-12-7-6-8-14(13(12)2)23-15-10-30(26,27)11-16(15)29-18(23)22-17(24)9-21-19(25)28-20(3,4)5/h6-8,15-16H,9-11H2,1-5H3,(H,21,25)/t15-,16-/m1/s1. The molecular formula is C20H27N3O5S2. The van der Waals surface area contributed by atoms with Gasteiger partial charge in [-0.1, -0.05) is 23.9 Å². The number of nitrogens with zero attached hydrogens (tertiary/aromatic N) is 2. The van der Waals surface area contributed by atoms with Gasteiger partial charge in [0.25, 0.3) is 5.91 Å². The molecule has 1 aromatic carbocycles. The van der Waals surface area contributed by atoms with E-state index >= 15 is 0 Å². The van der Waals surface area contributed by atoms with Gasteiger partial charge >= 0.3 is 6.09 Å². The number of hydrogen-bond donors (Lipinski definition) is 1.